The van der Waals surface area contributed by atoms with Crippen molar-refractivity contribution in [2.45, 2.75) is 33.1 Å². The van der Waals surface area contributed by atoms with E-state index in [0.717, 1.165) is 0 Å². The predicted molar refractivity (Wildman–Crippen MR) is 118 cm³/mol. The molecular formula is C23H28NSi2+. The predicted octanol–water partition coefficient (Wildman–Crippen LogP) is 2.45. The first-order valence-electron chi connectivity index (χ1n) is 9.46. The van der Waals surface area contributed by atoms with Gasteiger partial charge in [0.25, 0.3) is 0 Å². The van der Waals surface area contributed by atoms with Gasteiger partial charge in [0.15, 0.2) is 6.20 Å². The van der Waals surface area contributed by atoms with E-state index in [-0.39, 0.29) is 0 Å². The SMILES string of the molecule is Cc1ccc2c(c1-c1cccc[n+]1C)[Si](C)(C)c1ccccc1[Si]2(C)C. The molecule has 1 aromatic heterocycles. The fourth-order valence-electron chi connectivity index (χ4n) is 4.84. The van der Waals surface area contributed by atoms with Crippen molar-refractivity contribution in [3.63, 3.8) is 0 Å². The van der Waals surface area contributed by atoms with Gasteiger partial charge in [-0.05, 0) is 23.7 Å². The zero-order valence-electron chi connectivity index (χ0n) is 16.7. The molecule has 1 aliphatic heterocycles. The van der Waals surface area contributed by atoms with Crippen LogP contribution in [0.4, 0.5) is 0 Å². The van der Waals surface area contributed by atoms with Crippen molar-refractivity contribution in [3.8, 4) is 11.3 Å². The maximum atomic E-state index is 2.54. The molecule has 0 fully saturated rings. The Morgan fingerprint density at radius 2 is 1.31 bits per heavy atom. The summed E-state index contributed by atoms with van der Waals surface area (Å²) in [6.07, 6.45) is 2.17. The van der Waals surface area contributed by atoms with Gasteiger partial charge in [0.1, 0.15) is 23.2 Å². The molecule has 0 unspecified atom stereocenters. The maximum Gasteiger partial charge on any atom is 0.212 e. The first-order chi connectivity index (χ1) is 12.3. The lowest BCUT2D eigenvalue weighted by Crippen LogP contribution is -2.78. The Morgan fingerprint density at radius 3 is 1.96 bits per heavy atom. The zero-order chi connectivity index (χ0) is 18.7. The van der Waals surface area contributed by atoms with Crippen LogP contribution in [0.1, 0.15) is 5.56 Å². The normalized spacial score (nSPS) is 16.7. The van der Waals surface area contributed by atoms with Crippen LogP contribution in [-0.4, -0.2) is 16.1 Å². The molecule has 0 aliphatic carbocycles. The summed E-state index contributed by atoms with van der Waals surface area (Å²) in [7, 11) is -1.31. The van der Waals surface area contributed by atoms with E-state index in [9.17, 15) is 0 Å². The van der Waals surface area contributed by atoms with Crippen molar-refractivity contribution in [1.29, 1.82) is 0 Å². The highest BCUT2D eigenvalue weighted by atomic mass is 28.3. The second kappa shape index (κ2) is 5.76. The van der Waals surface area contributed by atoms with E-state index in [1.54, 1.807) is 20.7 Å². The molecule has 1 aliphatic rings. The highest BCUT2D eigenvalue weighted by Gasteiger charge is 2.46. The van der Waals surface area contributed by atoms with Crippen molar-refractivity contribution in [3.05, 3.63) is 66.4 Å². The smallest absolute Gasteiger partial charge is 0.201 e. The Labute approximate surface area is 159 Å². The largest absolute Gasteiger partial charge is 0.212 e. The van der Waals surface area contributed by atoms with Crippen molar-refractivity contribution in [1.82, 2.24) is 0 Å². The van der Waals surface area contributed by atoms with Crippen LogP contribution in [-0.2, 0) is 7.05 Å². The minimum absolute atomic E-state index is 1.34. The van der Waals surface area contributed by atoms with Crippen LogP contribution in [0.3, 0.4) is 0 Å². The summed E-state index contributed by atoms with van der Waals surface area (Å²) in [5.74, 6) is 0. The van der Waals surface area contributed by atoms with Crippen molar-refractivity contribution < 1.29 is 4.57 Å². The van der Waals surface area contributed by atoms with E-state index >= 15 is 0 Å². The molecule has 0 bridgehead atoms. The third kappa shape index (κ3) is 2.30. The lowest BCUT2D eigenvalue weighted by molar-refractivity contribution is -0.660. The van der Waals surface area contributed by atoms with Crippen molar-refractivity contribution >= 4 is 36.9 Å². The summed E-state index contributed by atoms with van der Waals surface area (Å²) in [4.78, 5) is 0. The number of nitrogens with zero attached hydrogens (tertiary/aromatic N) is 1. The van der Waals surface area contributed by atoms with Gasteiger partial charge in [-0.1, -0.05) is 78.1 Å². The second-order valence-corrected chi connectivity index (χ2v) is 17.3. The minimum atomic E-state index is -1.78. The Balaban J connectivity index is 2.15. The average Bonchev–Trinajstić information content (AvgIpc) is 2.61. The van der Waals surface area contributed by atoms with E-state index in [1.165, 1.54) is 16.8 Å². The zero-order valence-corrected chi connectivity index (χ0v) is 18.7. The molecule has 0 radical (unpaired) electrons. The summed E-state index contributed by atoms with van der Waals surface area (Å²) < 4.78 is 2.28. The van der Waals surface area contributed by atoms with Gasteiger partial charge in [-0.25, -0.2) is 4.57 Å². The van der Waals surface area contributed by atoms with Crippen LogP contribution in [0.5, 0.6) is 0 Å². The molecule has 1 nitrogen and oxygen atoms in total. The quantitative estimate of drug-likeness (QED) is 0.455. The summed E-state index contributed by atoms with van der Waals surface area (Å²) in [5.41, 5.74) is 4.22. The maximum absolute atomic E-state index is 2.54. The van der Waals surface area contributed by atoms with Crippen LogP contribution < -0.4 is 25.3 Å². The summed E-state index contributed by atoms with van der Waals surface area (Å²) in [5, 5.41) is 6.62. The number of aromatic nitrogens is 1. The molecule has 0 saturated heterocycles. The molecule has 4 rings (SSSR count). The van der Waals surface area contributed by atoms with E-state index in [2.05, 4.69) is 106 Å². The molecule has 2 heterocycles. The fourth-order valence-corrected chi connectivity index (χ4v) is 14.6. The molecule has 0 saturated carbocycles. The standard InChI is InChI=1S/C23H28NSi2/c1-17-14-15-21-23(22(17)18-11-9-10-16-24(18)2)26(5,6)20-13-8-7-12-19(20)25(21,3)4/h7-16H,1-6H3/q+1. The molecule has 0 atom stereocenters. The second-order valence-electron chi connectivity index (χ2n) is 8.67. The molecule has 0 spiro atoms. The third-order valence-electron chi connectivity index (χ3n) is 6.30. The van der Waals surface area contributed by atoms with Gasteiger partial charge < -0.3 is 0 Å². The Kier molecular flexibility index (Phi) is 3.86. The van der Waals surface area contributed by atoms with Gasteiger partial charge in [-0.15, -0.1) is 0 Å². The van der Waals surface area contributed by atoms with Crippen molar-refractivity contribution in [2.24, 2.45) is 7.05 Å². The highest BCUT2D eigenvalue weighted by molar-refractivity contribution is 7.16. The van der Waals surface area contributed by atoms with Crippen LogP contribution >= 0.6 is 0 Å². The van der Waals surface area contributed by atoms with Crippen LogP contribution in [0.15, 0.2) is 60.8 Å². The van der Waals surface area contributed by atoms with Crippen LogP contribution in [0.25, 0.3) is 11.3 Å². The topological polar surface area (TPSA) is 3.88 Å². The summed E-state index contributed by atoms with van der Waals surface area (Å²) in [6, 6.07) is 20.7. The van der Waals surface area contributed by atoms with E-state index in [0.29, 0.717) is 0 Å². The number of rotatable bonds is 1. The molecule has 2 aromatic carbocycles. The number of hydrogen-bond acceptors (Lipinski definition) is 0. The monoisotopic (exact) mass is 374 g/mol. The first kappa shape index (κ1) is 17.4. The number of aryl methyl sites for hydroxylation is 2. The van der Waals surface area contributed by atoms with E-state index < -0.39 is 16.1 Å². The van der Waals surface area contributed by atoms with E-state index in [1.807, 2.05) is 0 Å². The number of benzene rings is 2. The molecule has 26 heavy (non-hydrogen) atoms. The summed E-state index contributed by atoms with van der Waals surface area (Å²) in [6.45, 7) is 12.4. The minimum Gasteiger partial charge on any atom is -0.201 e. The summed E-state index contributed by atoms with van der Waals surface area (Å²) >= 11 is 0. The average molecular weight is 375 g/mol. The van der Waals surface area contributed by atoms with Crippen LogP contribution in [0.2, 0.25) is 26.2 Å². The third-order valence-corrected chi connectivity index (χ3v) is 13.9. The Hall–Kier alpha value is -1.98. The Morgan fingerprint density at radius 1 is 0.692 bits per heavy atom. The number of pyridine rings is 1. The Bertz CT molecular complexity index is 1020. The first-order valence-corrected chi connectivity index (χ1v) is 15.5. The van der Waals surface area contributed by atoms with Gasteiger partial charge in [0.05, 0.1) is 0 Å². The van der Waals surface area contributed by atoms with Gasteiger partial charge in [-0.2, -0.15) is 0 Å². The van der Waals surface area contributed by atoms with E-state index in [4.69, 9.17) is 0 Å². The van der Waals surface area contributed by atoms with Gasteiger partial charge in [0.2, 0.25) is 5.69 Å². The molecule has 0 N–H and O–H groups in total. The van der Waals surface area contributed by atoms with Gasteiger partial charge in [-0.3, -0.25) is 0 Å². The molecule has 3 heteroatoms. The van der Waals surface area contributed by atoms with Crippen LogP contribution in [0, 0.1) is 6.92 Å². The molecule has 3 aromatic rings. The van der Waals surface area contributed by atoms with Gasteiger partial charge in [0, 0.05) is 17.7 Å². The fraction of sp³-hybridized carbons (Fsp3) is 0.261. The number of hydrogen-bond donors (Lipinski definition) is 0. The highest BCUT2D eigenvalue weighted by Crippen LogP contribution is 2.24. The molecule has 132 valence electrons. The molecular weight excluding hydrogens is 346 g/mol. The number of fused-ring (bicyclic) bond motifs is 2. The molecule has 0 amide bonds. The van der Waals surface area contributed by atoms with Crippen molar-refractivity contribution in [2.75, 3.05) is 0 Å². The lowest BCUT2D eigenvalue weighted by Gasteiger charge is -2.43. The van der Waals surface area contributed by atoms with Gasteiger partial charge >= 0.3 is 0 Å². The lowest BCUT2D eigenvalue weighted by atomic mass is 10.0.